The Morgan fingerprint density at radius 3 is 2.86 bits per heavy atom. The lowest BCUT2D eigenvalue weighted by Crippen LogP contribution is -2.34. The normalized spacial score (nSPS) is 16.6. The van der Waals surface area contributed by atoms with Crippen LogP contribution in [0.5, 0.6) is 5.75 Å². The van der Waals surface area contributed by atoms with E-state index in [0.29, 0.717) is 11.7 Å². The Morgan fingerprint density at radius 1 is 1.17 bits per heavy atom. The van der Waals surface area contributed by atoms with E-state index in [4.69, 9.17) is 9.72 Å². The number of fused-ring (bicyclic) bond motifs is 1. The molecule has 150 valence electrons. The molecule has 1 aliphatic rings. The molecule has 1 amide bonds. The van der Waals surface area contributed by atoms with Gasteiger partial charge in [-0.15, -0.1) is 0 Å². The molecule has 0 radical (unpaired) electrons. The van der Waals surface area contributed by atoms with Crippen molar-refractivity contribution in [3.63, 3.8) is 0 Å². The third-order valence-corrected chi connectivity index (χ3v) is 5.43. The van der Waals surface area contributed by atoms with Gasteiger partial charge >= 0.3 is 0 Å². The first-order valence-corrected chi connectivity index (χ1v) is 10.2. The van der Waals surface area contributed by atoms with Crippen LogP contribution in [0.4, 0.5) is 11.5 Å². The molecule has 1 aromatic heterocycles. The number of amides is 1. The zero-order chi connectivity index (χ0) is 20.2. The van der Waals surface area contributed by atoms with Crippen molar-refractivity contribution in [2.45, 2.75) is 26.7 Å². The summed E-state index contributed by atoms with van der Waals surface area (Å²) in [6, 6.07) is 17.7. The van der Waals surface area contributed by atoms with Gasteiger partial charge in [0.25, 0.3) is 5.91 Å². The first-order valence-electron chi connectivity index (χ1n) is 10.2. The van der Waals surface area contributed by atoms with Crippen molar-refractivity contribution >= 4 is 28.3 Å². The molecule has 0 aliphatic carbocycles. The first-order chi connectivity index (χ1) is 14.1. The van der Waals surface area contributed by atoms with Crippen molar-refractivity contribution in [1.29, 1.82) is 0 Å². The number of hydrogen-bond acceptors (Lipinski definition) is 4. The molecule has 0 bridgehead atoms. The van der Waals surface area contributed by atoms with Gasteiger partial charge < -0.3 is 15.0 Å². The smallest absolute Gasteiger partial charge is 0.262 e. The van der Waals surface area contributed by atoms with Gasteiger partial charge in [-0.2, -0.15) is 0 Å². The quantitative estimate of drug-likeness (QED) is 0.681. The highest BCUT2D eigenvalue weighted by Crippen LogP contribution is 2.28. The Bertz CT molecular complexity index is 1020. The van der Waals surface area contributed by atoms with Crippen molar-refractivity contribution in [3.8, 4) is 5.75 Å². The van der Waals surface area contributed by atoms with Gasteiger partial charge in [0.05, 0.1) is 0 Å². The maximum Gasteiger partial charge on any atom is 0.262 e. The molecule has 2 heterocycles. The second-order valence-electron chi connectivity index (χ2n) is 7.84. The molecule has 4 rings (SSSR count). The highest BCUT2D eigenvalue weighted by molar-refractivity contribution is 5.93. The fourth-order valence-corrected chi connectivity index (χ4v) is 3.84. The number of anilines is 2. The zero-order valence-corrected chi connectivity index (χ0v) is 17.0. The summed E-state index contributed by atoms with van der Waals surface area (Å²) in [6.07, 6.45) is 2.46. The van der Waals surface area contributed by atoms with Crippen LogP contribution in [0.25, 0.3) is 10.9 Å². The van der Waals surface area contributed by atoms with Crippen LogP contribution in [0, 0.1) is 12.8 Å². The number of piperidine rings is 1. The molecule has 0 spiro atoms. The molecular weight excluding hydrogens is 362 g/mol. The second-order valence-corrected chi connectivity index (χ2v) is 7.84. The summed E-state index contributed by atoms with van der Waals surface area (Å²) in [6.45, 7) is 6.26. The van der Waals surface area contributed by atoms with Crippen LogP contribution in [0.2, 0.25) is 0 Å². The van der Waals surface area contributed by atoms with E-state index >= 15 is 0 Å². The lowest BCUT2D eigenvalue weighted by molar-refractivity contribution is -0.118. The molecule has 1 atom stereocenters. The van der Waals surface area contributed by atoms with Crippen LogP contribution < -0.4 is 15.0 Å². The monoisotopic (exact) mass is 389 g/mol. The van der Waals surface area contributed by atoms with E-state index in [1.807, 2.05) is 49.4 Å². The number of nitrogens with one attached hydrogen (secondary N) is 1. The minimum absolute atomic E-state index is 0.0555. The van der Waals surface area contributed by atoms with Crippen LogP contribution >= 0.6 is 0 Å². The number of para-hydroxylation sites is 2. The molecule has 29 heavy (non-hydrogen) atoms. The molecule has 0 saturated carbocycles. The molecule has 5 nitrogen and oxygen atoms in total. The second kappa shape index (κ2) is 8.52. The van der Waals surface area contributed by atoms with Crippen molar-refractivity contribution in [2.24, 2.45) is 5.92 Å². The number of pyridine rings is 1. The fourth-order valence-electron chi connectivity index (χ4n) is 3.84. The van der Waals surface area contributed by atoms with Crippen LogP contribution in [0.1, 0.15) is 25.3 Å². The summed E-state index contributed by atoms with van der Waals surface area (Å²) in [7, 11) is 0. The minimum Gasteiger partial charge on any atom is -0.481 e. The molecule has 0 unspecified atom stereocenters. The van der Waals surface area contributed by atoms with Crippen molar-refractivity contribution < 1.29 is 9.53 Å². The van der Waals surface area contributed by atoms with Gasteiger partial charge in [0.1, 0.15) is 17.1 Å². The Kier molecular flexibility index (Phi) is 5.65. The van der Waals surface area contributed by atoms with Crippen molar-refractivity contribution in [1.82, 2.24) is 4.98 Å². The fraction of sp³-hybridized carbons (Fsp3) is 0.333. The van der Waals surface area contributed by atoms with Crippen LogP contribution in [-0.4, -0.2) is 30.6 Å². The molecule has 1 aliphatic heterocycles. The lowest BCUT2D eigenvalue weighted by Gasteiger charge is -2.32. The number of carbonyl (C=O) groups is 1. The molecule has 1 N–H and O–H groups in total. The molecule has 3 aromatic rings. The van der Waals surface area contributed by atoms with Gasteiger partial charge in [-0.05, 0) is 55.5 Å². The molecular formula is C24H27N3O2. The number of hydrogen-bond donors (Lipinski definition) is 1. The van der Waals surface area contributed by atoms with Gasteiger partial charge in [0.2, 0.25) is 0 Å². The van der Waals surface area contributed by atoms with Gasteiger partial charge in [-0.25, -0.2) is 4.98 Å². The minimum atomic E-state index is -0.183. The highest BCUT2D eigenvalue weighted by atomic mass is 16.5. The number of ether oxygens (including phenoxy) is 1. The van der Waals surface area contributed by atoms with Crippen molar-refractivity contribution in [2.75, 3.05) is 29.9 Å². The Balaban J connectivity index is 1.50. The number of carbonyl (C=O) groups excluding carboxylic acids is 1. The van der Waals surface area contributed by atoms with E-state index < -0.39 is 0 Å². The molecule has 1 fully saturated rings. The average molecular weight is 389 g/mol. The predicted molar refractivity (Wildman–Crippen MR) is 118 cm³/mol. The van der Waals surface area contributed by atoms with Crippen LogP contribution in [0.3, 0.4) is 0 Å². The standard InChI is InChI=1S/C24H27N3O2/c1-17-7-6-14-27(15-17)22-13-12-19-9-5-11-21(24(19)26-22)29-16-23(28)25-20-10-4-3-8-18(20)2/h3-5,8-13,17H,6-7,14-16H2,1-2H3,(H,25,28)/t17-/m1/s1. The Morgan fingerprint density at radius 2 is 2.03 bits per heavy atom. The van der Waals surface area contributed by atoms with Crippen LogP contribution in [0.15, 0.2) is 54.6 Å². The summed E-state index contributed by atoms with van der Waals surface area (Å²) in [5, 5.41) is 3.91. The van der Waals surface area contributed by atoms with Gasteiger partial charge in [0, 0.05) is 24.2 Å². The zero-order valence-electron chi connectivity index (χ0n) is 17.0. The van der Waals surface area contributed by atoms with Gasteiger partial charge in [0.15, 0.2) is 6.61 Å². The summed E-state index contributed by atoms with van der Waals surface area (Å²) in [4.78, 5) is 19.6. The molecule has 1 saturated heterocycles. The van der Waals surface area contributed by atoms with E-state index in [9.17, 15) is 4.79 Å². The Labute approximate surface area is 171 Å². The predicted octanol–water partition coefficient (Wildman–Crippen LogP) is 4.80. The third-order valence-electron chi connectivity index (χ3n) is 5.43. The first kappa shape index (κ1) is 19.2. The highest BCUT2D eigenvalue weighted by Gasteiger charge is 2.18. The van der Waals surface area contributed by atoms with E-state index in [2.05, 4.69) is 29.3 Å². The Hall–Kier alpha value is -3.08. The van der Waals surface area contributed by atoms with E-state index in [0.717, 1.165) is 41.1 Å². The summed E-state index contributed by atoms with van der Waals surface area (Å²) in [5.74, 6) is 2.11. The number of nitrogens with zero attached hydrogens (tertiary/aromatic N) is 2. The summed E-state index contributed by atoms with van der Waals surface area (Å²) < 4.78 is 5.86. The van der Waals surface area contributed by atoms with Crippen molar-refractivity contribution in [3.05, 3.63) is 60.2 Å². The van der Waals surface area contributed by atoms with Gasteiger partial charge in [-0.1, -0.05) is 37.3 Å². The maximum atomic E-state index is 12.4. The van der Waals surface area contributed by atoms with E-state index in [-0.39, 0.29) is 12.5 Å². The maximum absolute atomic E-state index is 12.4. The SMILES string of the molecule is Cc1ccccc1NC(=O)COc1cccc2ccc(N3CCC[C@@H](C)C3)nc12. The number of aryl methyl sites for hydroxylation is 1. The summed E-state index contributed by atoms with van der Waals surface area (Å²) >= 11 is 0. The topological polar surface area (TPSA) is 54.5 Å². The lowest BCUT2D eigenvalue weighted by atomic mass is 10.0. The average Bonchev–Trinajstić information content (AvgIpc) is 2.73. The van der Waals surface area contributed by atoms with E-state index in [1.54, 1.807) is 0 Å². The largest absolute Gasteiger partial charge is 0.481 e. The number of aromatic nitrogens is 1. The third kappa shape index (κ3) is 4.50. The van der Waals surface area contributed by atoms with Crippen LogP contribution in [-0.2, 0) is 4.79 Å². The number of benzene rings is 2. The van der Waals surface area contributed by atoms with Gasteiger partial charge in [-0.3, -0.25) is 4.79 Å². The molecule has 5 heteroatoms. The number of rotatable bonds is 5. The molecule has 2 aromatic carbocycles. The summed E-state index contributed by atoms with van der Waals surface area (Å²) in [5.41, 5.74) is 2.62. The van der Waals surface area contributed by atoms with E-state index in [1.165, 1.54) is 12.8 Å².